The minimum absolute atomic E-state index is 0.210. The van der Waals surface area contributed by atoms with Crippen LogP contribution in [-0.4, -0.2) is 14.8 Å². The fraction of sp³-hybridized carbons (Fsp3) is 0.143. The summed E-state index contributed by atoms with van der Waals surface area (Å²) in [6.45, 7) is 0. The minimum atomic E-state index is -4.39. The molecule has 0 aromatic carbocycles. The Balaban J connectivity index is 2.36. The van der Waals surface area contributed by atoms with Gasteiger partial charge in [-0.05, 0) is 6.07 Å². The van der Waals surface area contributed by atoms with Crippen LogP contribution in [0, 0.1) is 0 Å². The molecule has 0 N–H and O–H groups in total. The summed E-state index contributed by atoms with van der Waals surface area (Å²) in [6, 6.07) is 1.62. The van der Waals surface area contributed by atoms with Crippen LogP contribution in [0.1, 0.15) is 5.69 Å². The lowest BCUT2D eigenvalue weighted by Gasteiger charge is -1.99. The molecule has 0 fully saturated rings. The number of hydrogen-bond acceptors (Lipinski definition) is 3. The Kier molecular flexibility index (Phi) is 2.03. The lowest BCUT2D eigenvalue weighted by molar-refractivity contribution is -0.140. The average molecular weight is 219 g/mol. The molecule has 0 unspecified atom stereocenters. The summed E-state index contributed by atoms with van der Waals surface area (Å²) >= 11 is 0.903. The molecule has 2 rings (SSSR count). The minimum Gasteiger partial charge on any atom is -0.214 e. The molecule has 0 aliphatic carbocycles. The van der Waals surface area contributed by atoms with Crippen molar-refractivity contribution in [3.8, 4) is 5.13 Å². The second kappa shape index (κ2) is 3.09. The van der Waals surface area contributed by atoms with E-state index in [0.29, 0.717) is 0 Å². The van der Waals surface area contributed by atoms with E-state index in [0.717, 1.165) is 16.7 Å². The van der Waals surface area contributed by atoms with Gasteiger partial charge in [-0.1, -0.05) is 0 Å². The Hall–Kier alpha value is -1.37. The largest absolute Gasteiger partial charge is 0.434 e. The summed E-state index contributed by atoms with van der Waals surface area (Å²) < 4.78 is 37.8. The number of alkyl halides is 3. The first-order valence-electron chi connectivity index (χ1n) is 3.60. The van der Waals surface area contributed by atoms with Crippen molar-refractivity contribution in [1.82, 2.24) is 14.8 Å². The van der Waals surface area contributed by atoms with Crippen LogP contribution in [0.2, 0.25) is 0 Å². The van der Waals surface area contributed by atoms with Crippen molar-refractivity contribution in [3.05, 3.63) is 29.5 Å². The summed E-state index contributed by atoms with van der Waals surface area (Å²) in [5, 5.41) is 4.96. The van der Waals surface area contributed by atoms with Crippen molar-refractivity contribution in [2.75, 3.05) is 0 Å². The lowest BCUT2D eigenvalue weighted by Crippen LogP contribution is -2.05. The molecule has 14 heavy (non-hydrogen) atoms. The highest BCUT2D eigenvalue weighted by Crippen LogP contribution is 2.30. The third kappa shape index (κ3) is 1.63. The number of nitrogens with zero attached hydrogens (tertiary/aromatic N) is 3. The zero-order valence-electron chi connectivity index (χ0n) is 6.69. The molecule has 74 valence electrons. The molecule has 2 aromatic rings. The van der Waals surface area contributed by atoms with Gasteiger partial charge in [0, 0.05) is 17.8 Å². The first kappa shape index (κ1) is 9.20. The van der Waals surface area contributed by atoms with E-state index in [1.54, 1.807) is 12.3 Å². The Morgan fingerprint density at radius 2 is 2.14 bits per heavy atom. The van der Waals surface area contributed by atoms with Crippen LogP contribution in [0.25, 0.3) is 5.13 Å². The zero-order valence-corrected chi connectivity index (χ0v) is 7.51. The third-order valence-corrected chi connectivity index (χ3v) is 2.31. The van der Waals surface area contributed by atoms with Gasteiger partial charge in [0.05, 0.1) is 0 Å². The second-order valence-corrected chi connectivity index (χ2v) is 3.30. The van der Waals surface area contributed by atoms with Crippen LogP contribution >= 0.6 is 11.3 Å². The van der Waals surface area contributed by atoms with E-state index >= 15 is 0 Å². The first-order chi connectivity index (χ1) is 6.57. The molecule has 0 aliphatic heterocycles. The quantitative estimate of drug-likeness (QED) is 0.737. The van der Waals surface area contributed by atoms with E-state index in [2.05, 4.69) is 10.1 Å². The summed E-state index contributed by atoms with van der Waals surface area (Å²) in [6.07, 6.45) is -1.37. The predicted octanol–water partition coefficient (Wildman–Crippen LogP) is 2.35. The van der Waals surface area contributed by atoms with Crippen LogP contribution < -0.4 is 0 Å². The lowest BCUT2D eigenvalue weighted by atomic mass is 10.5. The molecular weight excluding hydrogens is 215 g/mol. The molecule has 0 aliphatic rings. The van der Waals surface area contributed by atoms with Crippen LogP contribution in [0.15, 0.2) is 23.8 Å². The molecular formula is C7H4F3N3S. The highest BCUT2D eigenvalue weighted by Gasteiger charge is 2.33. The molecule has 0 radical (unpaired) electrons. The number of hydrogen-bond donors (Lipinski definition) is 0. The number of rotatable bonds is 1. The van der Waals surface area contributed by atoms with Gasteiger partial charge < -0.3 is 0 Å². The number of halogens is 3. The zero-order chi connectivity index (χ0) is 10.2. The van der Waals surface area contributed by atoms with E-state index in [-0.39, 0.29) is 5.13 Å². The van der Waals surface area contributed by atoms with Gasteiger partial charge in [-0.15, -0.1) is 11.3 Å². The standard InChI is InChI=1S/C7H4F3N3S/c8-7(9,10)5-4-14-6(12-5)13-3-1-2-11-13/h1-4H. The van der Waals surface area contributed by atoms with Crippen molar-refractivity contribution in [2.24, 2.45) is 0 Å². The van der Waals surface area contributed by atoms with Gasteiger partial charge in [-0.2, -0.15) is 18.3 Å². The molecule has 2 heterocycles. The summed E-state index contributed by atoms with van der Waals surface area (Å²) in [5.41, 5.74) is -0.881. The molecule has 2 aromatic heterocycles. The fourth-order valence-electron chi connectivity index (χ4n) is 0.882. The van der Waals surface area contributed by atoms with Gasteiger partial charge in [0.2, 0.25) is 5.13 Å². The Morgan fingerprint density at radius 1 is 1.36 bits per heavy atom. The molecule has 0 bridgehead atoms. The van der Waals surface area contributed by atoms with Crippen LogP contribution in [0.3, 0.4) is 0 Å². The maximum atomic E-state index is 12.2. The van der Waals surface area contributed by atoms with Gasteiger partial charge in [-0.3, -0.25) is 0 Å². The third-order valence-electron chi connectivity index (χ3n) is 1.48. The van der Waals surface area contributed by atoms with Crippen molar-refractivity contribution in [3.63, 3.8) is 0 Å². The first-order valence-corrected chi connectivity index (χ1v) is 4.48. The van der Waals surface area contributed by atoms with E-state index < -0.39 is 11.9 Å². The topological polar surface area (TPSA) is 30.7 Å². The molecule has 0 atom stereocenters. The van der Waals surface area contributed by atoms with Crippen LogP contribution in [0.5, 0.6) is 0 Å². The van der Waals surface area contributed by atoms with Crippen LogP contribution in [-0.2, 0) is 6.18 Å². The SMILES string of the molecule is FC(F)(F)c1csc(-n2cccn2)n1. The fourth-order valence-corrected chi connectivity index (χ4v) is 1.65. The van der Waals surface area contributed by atoms with E-state index in [1.807, 2.05) is 0 Å². The summed E-state index contributed by atoms with van der Waals surface area (Å²) in [5.74, 6) is 0. The van der Waals surface area contributed by atoms with Gasteiger partial charge in [-0.25, -0.2) is 9.67 Å². The van der Waals surface area contributed by atoms with Gasteiger partial charge in [0.15, 0.2) is 5.69 Å². The highest BCUT2D eigenvalue weighted by atomic mass is 32.1. The van der Waals surface area contributed by atoms with Crippen molar-refractivity contribution in [1.29, 1.82) is 0 Å². The van der Waals surface area contributed by atoms with Gasteiger partial charge in [0.1, 0.15) is 0 Å². The monoisotopic (exact) mass is 219 g/mol. The highest BCUT2D eigenvalue weighted by molar-refractivity contribution is 7.12. The molecule has 3 nitrogen and oxygen atoms in total. The molecule has 0 spiro atoms. The van der Waals surface area contributed by atoms with Gasteiger partial charge >= 0.3 is 6.18 Å². The maximum absolute atomic E-state index is 12.2. The number of thiazole rings is 1. The Labute approximate surface area is 80.8 Å². The molecule has 7 heteroatoms. The van der Waals surface area contributed by atoms with E-state index in [4.69, 9.17) is 0 Å². The van der Waals surface area contributed by atoms with E-state index in [9.17, 15) is 13.2 Å². The van der Waals surface area contributed by atoms with Crippen LogP contribution in [0.4, 0.5) is 13.2 Å². The average Bonchev–Trinajstić information content (AvgIpc) is 2.73. The van der Waals surface area contributed by atoms with E-state index in [1.165, 1.54) is 10.9 Å². The Morgan fingerprint density at radius 3 is 2.64 bits per heavy atom. The molecule has 0 saturated carbocycles. The van der Waals surface area contributed by atoms with Crippen molar-refractivity contribution < 1.29 is 13.2 Å². The summed E-state index contributed by atoms with van der Waals surface area (Å²) in [4.78, 5) is 3.42. The smallest absolute Gasteiger partial charge is 0.214 e. The Bertz CT molecular complexity index is 418. The van der Waals surface area contributed by atoms with Crippen molar-refractivity contribution in [2.45, 2.75) is 6.18 Å². The second-order valence-electron chi connectivity index (χ2n) is 2.46. The molecule has 0 saturated heterocycles. The number of aromatic nitrogens is 3. The summed E-state index contributed by atoms with van der Waals surface area (Å²) in [7, 11) is 0. The van der Waals surface area contributed by atoms with Crippen molar-refractivity contribution >= 4 is 11.3 Å². The molecule has 0 amide bonds. The normalized spacial score (nSPS) is 11.9. The maximum Gasteiger partial charge on any atom is 0.434 e. The predicted molar refractivity (Wildman–Crippen MR) is 44.2 cm³/mol. The van der Waals surface area contributed by atoms with Gasteiger partial charge in [0.25, 0.3) is 0 Å².